The van der Waals surface area contributed by atoms with E-state index in [0.29, 0.717) is 24.6 Å². The fraction of sp³-hybridized carbons (Fsp3) is 0.321. The molecule has 5 nitrogen and oxygen atoms in total. The molecule has 1 fully saturated rings. The number of thiazole rings is 1. The van der Waals surface area contributed by atoms with Crippen LogP contribution in [0.15, 0.2) is 54.6 Å². The van der Waals surface area contributed by atoms with E-state index in [1.165, 1.54) is 18.2 Å². The van der Waals surface area contributed by atoms with Gasteiger partial charge in [-0.1, -0.05) is 24.3 Å². The highest BCUT2D eigenvalue weighted by Crippen LogP contribution is 2.31. The Balaban J connectivity index is 1.27. The summed E-state index contributed by atoms with van der Waals surface area (Å²) in [6.45, 7) is 5.03. The second-order valence-corrected chi connectivity index (χ2v) is 10.5. The van der Waals surface area contributed by atoms with Crippen LogP contribution < -0.4 is 5.32 Å². The molecule has 2 aromatic carbocycles. The first-order valence-electron chi connectivity index (χ1n) is 12.1. The van der Waals surface area contributed by atoms with Crippen molar-refractivity contribution in [2.75, 3.05) is 18.4 Å². The molecule has 2 amide bonds. The van der Waals surface area contributed by atoms with Crippen LogP contribution in [0, 0.1) is 13.8 Å². The number of carbonyl (C=O) groups excluding carboxylic acids is 2. The molecule has 0 bridgehead atoms. The number of nitrogens with zero attached hydrogens (tertiary/aromatic N) is 2. The summed E-state index contributed by atoms with van der Waals surface area (Å²) in [6, 6.07) is 12.7. The van der Waals surface area contributed by atoms with Crippen molar-refractivity contribution in [3.8, 4) is 0 Å². The van der Waals surface area contributed by atoms with Crippen molar-refractivity contribution in [3.63, 3.8) is 0 Å². The Kier molecular flexibility index (Phi) is 8.12. The predicted octanol–water partition coefficient (Wildman–Crippen LogP) is 6.38. The summed E-state index contributed by atoms with van der Waals surface area (Å²) < 4.78 is 38.7. The average Bonchev–Trinajstić information content (AvgIpc) is 3.18. The fourth-order valence-corrected chi connectivity index (χ4v) is 5.29. The molecule has 0 unspecified atom stereocenters. The lowest BCUT2D eigenvalue weighted by atomic mass is 9.89. The number of likely N-dealkylation sites (tertiary alicyclic amines) is 1. The maximum Gasteiger partial charge on any atom is 0.416 e. The van der Waals surface area contributed by atoms with Gasteiger partial charge in [-0.25, -0.2) is 4.98 Å². The first-order chi connectivity index (χ1) is 17.6. The molecule has 0 aliphatic carbocycles. The summed E-state index contributed by atoms with van der Waals surface area (Å²) in [5.41, 5.74) is 2.28. The van der Waals surface area contributed by atoms with Crippen molar-refractivity contribution in [2.45, 2.75) is 45.2 Å². The quantitative estimate of drug-likeness (QED) is 0.379. The van der Waals surface area contributed by atoms with Gasteiger partial charge in [0.05, 0.1) is 22.7 Å². The second-order valence-electron chi connectivity index (χ2n) is 9.14. The highest BCUT2D eigenvalue weighted by atomic mass is 32.1. The summed E-state index contributed by atoms with van der Waals surface area (Å²) in [4.78, 5) is 32.1. The number of aromatic nitrogens is 1. The van der Waals surface area contributed by atoms with E-state index in [1.807, 2.05) is 38.1 Å². The molecule has 9 heteroatoms. The molecule has 4 rings (SSSR count). The number of carbonyl (C=O) groups is 2. The Labute approximate surface area is 218 Å². The molecule has 1 saturated heterocycles. The number of alkyl halides is 3. The van der Waals surface area contributed by atoms with Crippen LogP contribution in [0.4, 0.5) is 18.9 Å². The Morgan fingerprint density at radius 1 is 1.11 bits per heavy atom. The van der Waals surface area contributed by atoms with E-state index in [0.717, 1.165) is 51.8 Å². The van der Waals surface area contributed by atoms with Crippen LogP contribution in [0.1, 0.15) is 51.0 Å². The van der Waals surface area contributed by atoms with Crippen LogP contribution in [0.25, 0.3) is 6.08 Å². The highest BCUT2D eigenvalue weighted by Gasteiger charge is 2.30. The molecule has 0 radical (unpaired) electrons. The van der Waals surface area contributed by atoms with Crippen LogP contribution in [-0.2, 0) is 22.2 Å². The number of piperidine rings is 1. The molecule has 194 valence electrons. The van der Waals surface area contributed by atoms with Gasteiger partial charge in [0.2, 0.25) is 11.8 Å². The molecule has 0 atom stereocenters. The molecule has 1 N–H and O–H groups in total. The maximum atomic E-state index is 12.9. The third-order valence-electron chi connectivity index (χ3n) is 6.43. The van der Waals surface area contributed by atoms with Crippen molar-refractivity contribution in [1.29, 1.82) is 0 Å². The van der Waals surface area contributed by atoms with E-state index in [4.69, 9.17) is 0 Å². The number of benzene rings is 2. The summed E-state index contributed by atoms with van der Waals surface area (Å²) in [5, 5.41) is 3.87. The number of nitrogens with one attached hydrogen (secondary N) is 1. The van der Waals surface area contributed by atoms with Gasteiger partial charge in [0.15, 0.2) is 0 Å². The Bertz CT molecular complexity index is 1290. The van der Waals surface area contributed by atoms with Crippen LogP contribution in [0.3, 0.4) is 0 Å². The lowest BCUT2D eigenvalue weighted by Crippen LogP contribution is -2.36. The van der Waals surface area contributed by atoms with Gasteiger partial charge in [-0.15, -0.1) is 11.3 Å². The topological polar surface area (TPSA) is 62.3 Å². The van der Waals surface area contributed by atoms with E-state index >= 15 is 0 Å². The number of hydrogen-bond donors (Lipinski definition) is 1. The first-order valence-corrected chi connectivity index (χ1v) is 12.9. The second kappa shape index (κ2) is 11.3. The van der Waals surface area contributed by atoms with Crippen molar-refractivity contribution in [2.24, 2.45) is 0 Å². The molecule has 37 heavy (non-hydrogen) atoms. The zero-order valence-electron chi connectivity index (χ0n) is 20.6. The van der Waals surface area contributed by atoms with Crippen molar-refractivity contribution >= 4 is 34.9 Å². The molecule has 3 aromatic rings. The molecule has 2 heterocycles. The van der Waals surface area contributed by atoms with Gasteiger partial charge in [-0.3, -0.25) is 9.59 Å². The van der Waals surface area contributed by atoms with Gasteiger partial charge >= 0.3 is 6.18 Å². The number of aryl methyl sites for hydroxylation is 2. The summed E-state index contributed by atoms with van der Waals surface area (Å²) in [5.74, 6) is -0.0208. The minimum Gasteiger partial charge on any atom is -0.339 e. The minimum atomic E-state index is -4.42. The summed E-state index contributed by atoms with van der Waals surface area (Å²) in [6.07, 6.45) is 0.163. The van der Waals surface area contributed by atoms with Gasteiger partial charge < -0.3 is 10.2 Å². The molecular formula is C28H28F3N3O2S. The van der Waals surface area contributed by atoms with E-state index < -0.39 is 11.7 Å². The molecule has 0 spiro atoms. The van der Waals surface area contributed by atoms with E-state index in [9.17, 15) is 22.8 Å². The van der Waals surface area contributed by atoms with Crippen LogP contribution >= 0.6 is 11.3 Å². The lowest BCUT2D eigenvalue weighted by molar-refractivity contribution is -0.137. The Hall–Kier alpha value is -3.46. The minimum absolute atomic E-state index is 0.105. The Morgan fingerprint density at radius 3 is 2.43 bits per heavy atom. The average molecular weight is 528 g/mol. The number of halogens is 3. The molecular weight excluding hydrogens is 499 g/mol. The molecule has 1 aliphatic rings. The van der Waals surface area contributed by atoms with Gasteiger partial charge in [-0.2, -0.15) is 13.2 Å². The van der Waals surface area contributed by atoms with Gasteiger partial charge in [0, 0.05) is 29.7 Å². The lowest BCUT2D eigenvalue weighted by Gasteiger charge is -2.31. The van der Waals surface area contributed by atoms with Crippen molar-refractivity contribution < 1.29 is 22.8 Å². The highest BCUT2D eigenvalue weighted by molar-refractivity contribution is 7.11. The van der Waals surface area contributed by atoms with Crippen molar-refractivity contribution in [1.82, 2.24) is 9.88 Å². The van der Waals surface area contributed by atoms with Crippen LogP contribution in [-0.4, -0.2) is 34.8 Å². The normalized spacial score (nSPS) is 14.8. The zero-order chi connectivity index (χ0) is 26.6. The monoisotopic (exact) mass is 527 g/mol. The Morgan fingerprint density at radius 2 is 1.81 bits per heavy atom. The molecule has 1 aliphatic heterocycles. The first kappa shape index (κ1) is 26.6. The predicted molar refractivity (Wildman–Crippen MR) is 139 cm³/mol. The standard InChI is InChI=1S/C28H28F3N3O2S/c1-18-25(32-19(2)37-18)17-26(35)33-24-9-7-21(8-10-24)22-12-14-34(15-13-22)27(36)11-6-20-4-3-5-23(16-20)28(29,30)31/h3-11,16,22H,12-15,17H2,1-2H3,(H,33,35)/b11-6+. The summed E-state index contributed by atoms with van der Waals surface area (Å²) in [7, 11) is 0. The van der Waals surface area contributed by atoms with Gasteiger partial charge in [0.1, 0.15) is 0 Å². The number of amides is 2. The smallest absolute Gasteiger partial charge is 0.339 e. The SMILES string of the molecule is Cc1nc(CC(=O)Nc2ccc(C3CCN(C(=O)/C=C/c4cccc(C(F)(F)F)c4)CC3)cc2)c(C)s1. The number of rotatable bonds is 6. The van der Waals surface area contributed by atoms with Gasteiger partial charge in [0.25, 0.3) is 0 Å². The molecule has 1 aromatic heterocycles. The largest absolute Gasteiger partial charge is 0.416 e. The van der Waals surface area contributed by atoms with E-state index in [1.54, 1.807) is 22.3 Å². The van der Waals surface area contributed by atoms with Gasteiger partial charge in [-0.05, 0) is 74.1 Å². The zero-order valence-corrected chi connectivity index (χ0v) is 21.5. The number of hydrogen-bond acceptors (Lipinski definition) is 4. The van der Waals surface area contributed by atoms with E-state index in [-0.39, 0.29) is 18.2 Å². The third-order valence-corrected chi connectivity index (χ3v) is 7.36. The maximum absolute atomic E-state index is 12.9. The third kappa shape index (κ3) is 7.07. The fourth-order valence-electron chi connectivity index (χ4n) is 4.46. The number of anilines is 1. The van der Waals surface area contributed by atoms with Crippen LogP contribution in [0.2, 0.25) is 0 Å². The van der Waals surface area contributed by atoms with Crippen molar-refractivity contribution in [3.05, 3.63) is 86.9 Å². The van der Waals surface area contributed by atoms with Crippen LogP contribution in [0.5, 0.6) is 0 Å². The van der Waals surface area contributed by atoms with E-state index in [2.05, 4.69) is 10.3 Å². The molecule has 0 saturated carbocycles. The summed E-state index contributed by atoms with van der Waals surface area (Å²) >= 11 is 1.58.